The average molecular weight is 425 g/mol. The molecule has 8 nitrogen and oxygen atoms in total. The van der Waals surface area contributed by atoms with Gasteiger partial charge in [-0.25, -0.2) is 9.78 Å². The number of amides is 1. The number of fused-ring (bicyclic) bond motifs is 1. The van der Waals surface area contributed by atoms with Crippen LogP contribution in [0.15, 0.2) is 80.6 Å². The first-order chi connectivity index (χ1) is 14.5. The molecule has 0 spiro atoms. The summed E-state index contributed by atoms with van der Waals surface area (Å²) in [7, 11) is 0. The number of nitrogens with two attached hydrogens (primary N) is 1. The van der Waals surface area contributed by atoms with Crippen LogP contribution < -0.4 is 5.73 Å². The Labute approximate surface area is 176 Å². The highest BCUT2D eigenvalue weighted by atomic mass is 32.2. The molecule has 0 aliphatic heterocycles. The maximum atomic E-state index is 12.3. The topological polar surface area (TPSA) is 128 Å². The molecule has 0 saturated carbocycles. The first-order valence-corrected chi connectivity index (χ1v) is 9.99. The number of para-hydroxylation sites is 2. The third-order valence-corrected chi connectivity index (χ3v) is 4.71. The van der Waals surface area contributed by atoms with E-state index in [1.807, 2.05) is 12.1 Å². The van der Waals surface area contributed by atoms with E-state index in [1.54, 1.807) is 49.4 Å². The minimum Gasteiger partial charge on any atom is -0.510 e. The van der Waals surface area contributed by atoms with Gasteiger partial charge in [0.15, 0.2) is 5.58 Å². The summed E-state index contributed by atoms with van der Waals surface area (Å²) in [5.41, 5.74) is 7.08. The molecule has 0 saturated heterocycles. The molecule has 0 aliphatic carbocycles. The normalized spacial score (nSPS) is 12.5. The highest BCUT2D eigenvalue weighted by molar-refractivity contribution is 7.99. The van der Waals surface area contributed by atoms with Gasteiger partial charge < -0.3 is 20.0 Å². The van der Waals surface area contributed by atoms with Crippen molar-refractivity contribution in [2.24, 2.45) is 10.7 Å². The summed E-state index contributed by atoms with van der Waals surface area (Å²) < 4.78 is 10.5. The maximum absolute atomic E-state index is 12.3. The second-order valence-corrected chi connectivity index (χ2v) is 6.87. The number of amidine groups is 1. The van der Waals surface area contributed by atoms with Crippen LogP contribution in [0.1, 0.15) is 17.3 Å². The van der Waals surface area contributed by atoms with Crippen molar-refractivity contribution < 1.29 is 23.8 Å². The molecular weight excluding hydrogens is 406 g/mol. The van der Waals surface area contributed by atoms with E-state index in [1.165, 1.54) is 0 Å². The van der Waals surface area contributed by atoms with Crippen molar-refractivity contribution in [2.75, 3.05) is 12.4 Å². The zero-order valence-corrected chi connectivity index (χ0v) is 16.9. The number of aromatic nitrogens is 1. The Morgan fingerprint density at radius 1 is 1.17 bits per heavy atom. The van der Waals surface area contributed by atoms with E-state index in [9.17, 15) is 14.7 Å². The minimum atomic E-state index is -0.879. The van der Waals surface area contributed by atoms with Crippen LogP contribution in [-0.2, 0) is 9.53 Å². The van der Waals surface area contributed by atoms with E-state index in [0.717, 1.165) is 11.8 Å². The average Bonchev–Trinajstić information content (AvgIpc) is 3.16. The van der Waals surface area contributed by atoms with Gasteiger partial charge in [0.2, 0.25) is 0 Å². The molecule has 0 unspecified atom stereocenters. The van der Waals surface area contributed by atoms with Gasteiger partial charge in [-0.2, -0.15) is 4.99 Å². The maximum Gasteiger partial charge on any atom is 0.345 e. The highest BCUT2D eigenvalue weighted by Gasteiger charge is 2.23. The smallest absolute Gasteiger partial charge is 0.345 e. The van der Waals surface area contributed by atoms with Gasteiger partial charge >= 0.3 is 5.97 Å². The molecule has 3 aromatic rings. The number of rotatable bonds is 7. The molecule has 1 heterocycles. The second kappa shape index (κ2) is 9.75. The van der Waals surface area contributed by atoms with Crippen molar-refractivity contribution in [3.05, 3.63) is 71.5 Å². The van der Waals surface area contributed by atoms with E-state index >= 15 is 0 Å². The fourth-order valence-corrected chi connectivity index (χ4v) is 3.22. The molecule has 3 N–H and O–H groups in total. The molecule has 30 heavy (non-hydrogen) atoms. The molecule has 2 aromatic carbocycles. The third kappa shape index (κ3) is 5.06. The van der Waals surface area contributed by atoms with Crippen LogP contribution in [-0.4, -0.2) is 40.2 Å². The molecule has 9 heteroatoms. The van der Waals surface area contributed by atoms with Crippen molar-refractivity contribution in [1.29, 1.82) is 0 Å². The third-order valence-electron chi connectivity index (χ3n) is 3.87. The summed E-state index contributed by atoms with van der Waals surface area (Å²) in [4.78, 5) is 32.7. The summed E-state index contributed by atoms with van der Waals surface area (Å²) in [5, 5.41) is 10.8. The Balaban J connectivity index is 1.84. The lowest BCUT2D eigenvalue weighted by molar-refractivity contribution is -0.138. The number of aliphatic imine (C=N–C) groups is 1. The van der Waals surface area contributed by atoms with Crippen LogP contribution in [0.4, 0.5) is 0 Å². The summed E-state index contributed by atoms with van der Waals surface area (Å²) in [6.45, 7) is 1.68. The van der Waals surface area contributed by atoms with Gasteiger partial charge in [0.05, 0.1) is 12.4 Å². The molecule has 3 rings (SSSR count). The van der Waals surface area contributed by atoms with Crippen LogP contribution >= 0.6 is 11.8 Å². The zero-order valence-electron chi connectivity index (χ0n) is 16.1. The van der Waals surface area contributed by atoms with E-state index < -0.39 is 23.5 Å². The van der Waals surface area contributed by atoms with E-state index in [4.69, 9.17) is 14.9 Å². The predicted molar refractivity (Wildman–Crippen MR) is 113 cm³/mol. The summed E-state index contributed by atoms with van der Waals surface area (Å²) in [6, 6.07) is 15.4. The van der Waals surface area contributed by atoms with Gasteiger partial charge in [-0.05, 0) is 31.2 Å². The molecule has 0 fully saturated rings. The quantitative estimate of drug-likeness (QED) is 0.147. The number of hydrogen-bond donors (Lipinski definition) is 2. The van der Waals surface area contributed by atoms with Crippen molar-refractivity contribution in [3.8, 4) is 0 Å². The van der Waals surface area contributed by atoms with Crippen LogP contribution in [0.25, 0.3) is 11.1 Å². The van der Waals surface area contributed by atoms with Crippen molar-refractivity contribution >= 4 is 40.6 Å². The van der Waals surface area contributed by atoms with Crippen molar-refractivity contribution in [3.63, 3.8) is 0 Å². The first kappa shape index (κ1) is 21.1. The monoisotopic (exact) mass is 425 g/mol. The molecule has 0 radical (unpaired) electrons. The zero-order chi connectivity index (χ0) is 21.5. The van der Waals surface area contributed by atoms with E-state index in [2.05, 4.69) is 9.98 Å². The number of benzene rings is 2. The number of carbonyl (C=O) groups is 2. The van der Waals surface area contributed by atoms with Crippen molar-refractivity contribution in [1.82, 2.24) is 4.98 Å². The van der Waals surface area contributed by atoms with Gasteiger partial charge in [-0.15, -0.1) is 0 Å². The Bertz CT molecular complexity index is 1090. The van der Waals surface area contributed by atoms with Crippen LogP contribution in [0, 0.1) is 0 Å². The number of hydrogen-bond acceptors (Lipinski definition) is 7. The number of aliphatic hydroxyl groups is 1. The Morgan fingerprint density at radius 2 is 1.87 bits per heavy atom. The van der Waals surface area contributed by atoms with Gasteiger partial charge in [0.1, 0.15) is 22.7 Å². The fraction of sp³-hybridized carbons (Fsp3) is 0.143. The van der Waals surface area contributed by atoms with Gasteiger partial charge in [0.25, 0.3) is 11.1 Å². The molecule has 0 bridgehead atoms. The highest BCUT2D eigenvalue weighted by Crippen LogP contribution is 2.25. The molecular formula is C21H19N3O5S. The Hall–Kier alpha value is -3.59. The lowest BCUT2D eigenvalue weighted by Gasteiger charge is -2.09. The number of ether oxygens (including phenoxy) is 1. The number of aliphatic hydroxyl groups excluding tert-OH is 1. The summed E-state index contributed by atoms with van der Waals surface area (Å²) in [5.74, 6) is -2.44. The van der Waals surface area contributed by atoms with Crippen LogP contribution in [0.2, 0.25) is 0 Å². The molecule has 154 valence electrons. The lowest BCUT2D eigenvalue weighted by Crippen LogP contribution is -2.26. The van der Waals surface area contributed by atoms with E-state index in [0.29, 0.717) is 21.9 Å². The van der Waals surface area contributed by atoms with Crippen LogP contribution in [0.5, 0.6) is 0 Å². The largest absolute Gasteiger partial charge is 0.510 e. The number of oxazole rings is 1. The van der Waals surface area contributed by atoms with Gasteiger partial charge in [0, 0.05) is 5.56 Å². The Kier molecular flexibility index (Phi) is 6.87. The molecule has 0 atom stereocenters. The standard InChI is InChI=1S/C21H19N3O5S/c1-2-28-20(27)17(18(22)24-19(26)13-8-4-3-5-9-13)15(25)12-30-21-23-14-10-6-7-11-16(14)29-21/h3-11,25H,2,12H2,1H3,(H2,22,24,26)/b17-15-. The number of nitrogens with zero attached hydrogens (tertiary/aromatic N) is 2. The fourth-order valence-electron chi connectivity index (χ4n) is 2.50. The second-order valence-electron chi connectivity index (χ2n) is 5.95. The first-order valence-electron chi connectivity index (χ1n) is 9.01. The van der Waals surface area contributed by atoms with Gasteiger partial charge in [-0.3, -0.25) is 4.79 Å². The molecule has 0 aliphatic rings. The number of esters is 1. The molecule has 1 aromatic heterocycles. The molecule has 1 amide bonds. The summed E-state index contributed by atoms with van der Waals surface area (Å²) >= 11 is 1.06. The number of carbonyl (C=O) groups excluding carboxylic acids is 2. The SMILES string of the molecule is CCOC(=O)/C(C(N)=NC(=O)c1ccccc1)=C(\O)CSc1nc2ccccc2o1. The predicted octanol–water partition coefficient (Wildman–Crippen LogP) is 3.49. The lowest BCUT2D eigenvalue weighted by atomic mass is 10.2. The minimum absolute atomic E-state index is 0.0633. The van der Waals surface area contributed by atoms with E-state index in [-0.39, 0.29) is 17.9 Å². The number of thioether (sulfide) groups is 1. The Morgan fingerprint density at radius 3 is 2.57 bits per heavy atom. The van der Waals surface area contributed by atoms with Crippen LogP contribution in [0.3, 0.4) is 0 Å². The van der Waals surface area contributed by atoms with Gasteiger partial charge in [-0.1, -0.05) is 42.1 Å². The summed E-state index contributed by atoms with van der Waals surface area (Å²) in [6.07, 6.45) is 0. The van der Waals surface area contributed by atoms with Crippen molar-refractivity contribution in [2.45, 2.75) is 12.1 Å².